The number of hydrogen-bond acceptors (Lipinski definition) is 5. The van der Waals surface area contributed by atoms with Crippen LogP contribution in [0.25, 0.3) is 0 Å². The molecular weight excluding hydrogens is 230 g/mol. The van der Waals surface area contributed by atoms with E-state index < -0.39 is 0 Å². The maximum Gasteiger partial charge on any atom is 0.171 e. The summed E-state index contributed by atoms with van der Waals surface area (Å²) in [7, 11) is 5.68. The first-order valence-electron chi connectivity index (χ1n) is 5.30. The number of hydrogen-bond donors (Lipinski definition) is 0. The largest absolute Gasteiger partial charge is 0.483 e. The average molecular weight is 249 g/mol. The molecule has 1 aliphatic heterocycles. The van der Waals surface area contributed by atoms with Crippen LogP contribution in [0.3, 0.4) is 0 Å². The van der Waals surface area contributed by atoms with Gasteiger partial charge in [-0.25, -0.2) is 4.99 Å². The Morgan fingerprint density at radius 3 is 3.13 bits per heavy atom. The first-order valence-corrected chi connectivity index (χ1v) is 7.69. The van der Waals surface area contributed by atoms with Gasteiger partial charge in [-0.1, -0.05) is 21.6 Å². The minimum Gasteiger partial charge on any atom is -0.483 e. The molecule has 1 unspecified atom stereocenters. The second-order valence-corrected chi connectivity index (χ2v) is 6.19. The Bertz CT molecular complexity index is 173. The van der Waals surface area contributed by atoms with Crippen molar-refractivity contribution in [3.63, 3.8) is 0 Å². The van der Waals surface area contributed by atoms with Crippen LogP contribution in [-0.2, 0) is 9.47 Å². The maximum atomic E-state index is 5.22. The lowest BCUT2D eigenvalue weighted by molar-refractivity contribution is 0.204. The Labute approximate surface area is 99.8 Å². The van der Waals surface area contributed by atoms with Crippen molar-refractivity contribution >= 4 is 28.0 Å². The van der Waals surface area contributed by atoms with Crippen molar-refractivity contribution < 1.29 is 9.47 Å². The lowest BCUT2D eigenvalue weighted by atomic mass is 10.1. The Morgan fingerprint density at radius 1 is 1.47 bits per heavy atom. The topological polar surface area (TPSA) is 30.8 Å². The highest BCUT2D eigenvalue weighted by molar-refractivity contribution is 8.77. The van der Waals surface area contributed by atoms with Gasteiger partial charge in [0.2, 0.25) is 0 Å². The van der Waals surface area contributed by atoms with Crippen LogP contribution in [-0.4, -0.2) is 37.9 Å². The molecule has 0 aromatic carbocycles. The fourth-order valence-electron chi connectivity index (χ4n) is 1.33. The molecule has 88 valence electrons. The van der Waals surface area contributed by atoms with E-state index in [9.17, 15) is 0 Å². The van der Waals surface area contributed by atoms with Gasteiger partial charge < -0.3 is 9.47 Å². The van der Waals surface area contributed by atoms with Crippen LogP contribution in [0.4, 0.5) is 0 Å². The summed E-state index contributed by atoms with van der Waals surface area (Å²) < 4.78 is 9.97. The normalized spacial score (nSPS) is 21.3. The van der Waals surface area contributed by atoms with Gasteiger partial charge in [-0.05, 0) is 25.7 Å². The summed E-state index contributed by atoms with van der Waals surface area (Å²) in [6, 6.07) is 0. The minimum atomic E-state index is 0.385. The third-order valence-corrected chi connectivity index (χ3v) is 5.13. The molecule has 1 fully saturated rings. The van der Waals surface area contributed by atoms with Crippen molar-refractivity contribution in [3.8, 4) is 0 Å². The summed E-state index contributed by atoms with van der Waals surface area (Å²) in [6.45, 7) is 1.16. The van der Waals surface area contributed by atoms with Gasteiger partial charge in [0.05, 0.1) is 6.61 Å². The molecular formula is C10H19NO2S2. The summed E-state index contributed by atoms with van der Waals surface area (Å²) in [6.07, 6.45) is 6.59. The Balaban J connectivity index is 1.80. The number of nitrogens with zero attached hydrogens (tertiary/aromatic N) is 1. The fraction of sp³-hybridized carbons (Fsp3) is 0.900. The van der Waals surface area contributed by atoms with Crippen LogP contribution >= 0.6 is 21.6 Å². The van der Waals surface area contributed by atoms with Gasteiger partial charge in [0, 0.05) is 18.1 Å². The number of unbranched alkanes of at least 4 members (excludes halogenated alkanes) is 1. The lowest BCUT2D eigenvalue weighted by Gasteiger charge is -2.06. The molecule has 0 spiro atoms. The zero-order chi connectivity index (χ0) is 10.8. The van der Waals surface area contributed by atoms with Crippen molar-refractivity contribution in [1.29, 1.82) is 0 Å². The van der Waals surface area contributed by atoms with Crippen LogP contribution in [0.15, 0.2) is 4.99 Å². The summed E-state index contributed by atoms with van der Waals surface area (Å²) in [4.78, 5) is 3.89. The maximum absolute atomic E-state index is 5.22. The highest BCUT2D eigenvalue weighted by atomic mass is 33.1. The lowest BCUT2D eigenvalue weighted by Crippen LogP contribution is -1.99. The standard InChI is InChI=1S/C10H19NO2S2/c1-12-8-11-9-13-6-3-2-4-10-5-7-14-15-10/h9-10H,2-8H2,1H3/b11-9-. The van der Waals surface area contributed by atoms with E-state index in [1.807, 2.05) is 10.8 Å². The molecule has 0 aromatic rings. The van der Waals surface area contributed by atoms with Crippen molar-refractivity contribution in [2.24, 2.45) is 4.99 Å². The van der Waals surface area contributed by atoms with Crippen molar-refractivity contribution in [2.45, 2.75) is 30.9 Å². The van der Waals surface area contributed by atoms with E-state index in [1.54, 1.807) is 7.11 Å². The molecule has 5 heteroatoms. The van der Waals surface area contributed by atoms with Crippen LogP contribution in [0.2, 0.25) is 0 Å². The number of methoxy groups -OCH3 is 1. The summed E-state index contributed by atoms with van der Waals surface area (Å²) in [5.41, 5.74) is 0. The third-order valence-electron chi connectivity index (χ3n) is 2.12. The minimum absolute atomic E-state index is 0.385. The van der Waals surface area contributed by atoms with Crippen molar-refractivity contribution in [2.75, 3.05) is 26.2 Å². The summed E-state index contributed by atoms with van der Waals surface area (Å²) >= 11 is 0. The van der Waals surface area contributed by atoms with E-state index in [0.717, 1.165) is 18.3 Å². The predicted molar refractivity (Wildman–Crippen MR) is 68.6 cm³/mol. The molecule has 0 aliphatic carbocycles. The molecule has 1 rings (SSSR count). The molecule has 0 aromatic heterocycles. The molecule has 1 atom stereocenters. The molecule has 0 radical (unpaired) electrons. The molecule has 0 saturated carbocycles. The third kappa shape index (κ3) is 7.09. The molecule has 0 amide bonds. The molecule has 15 heavy (non-hydrogen) atoms. The summed E-state index contributed by atoms with van der Waals surface area (Å²) in [5, 5.41) is 0.886. The monoisotopic (exact) mass is 249 g/mol. The Kier molecular flexibility index (Phi) is 8.24. The van der Waals surface area contributed by atoms with Crippen LogP contribution in [0.5, 0.6) is 0 Å². The number of rotatable bonds is 8. The van der Waals surface area contributed by atoms with E-state index in [1.165, 1.54) is 31.4 Å². The quantitative estimate of drug-likeness (QED) is 0.286. The van der Waals surface area contributed by atoms with Gasteiger partial charge in [0.15, 0.2) is 6.40 Å². The van der Waals surface area contributed by atoms with E-state index in [4.69, 9.17) is 9.47 Å². The van der Waals surface area contributed by atoms with Gasteiger partial charge in [-0.2, -0.15) is 0 Å². The van der Waals surface area contributed by atoms with E-state index in [0.29, 0.717) is 6.73 Å². The van der Waals surface area contributed by atoms with E-state index >= 15 is 0 Å². The first kappa shape index (κ1) is 13.2. The predicted octanol–water partition coefficient (Wildman–Crippen LogP) is 2.96. The smallest absolute Gasteiger partial charge is 0.171 e. The SMILES string of the molecule is COC/N=C\OCCCCC1CCSS1. The highest BCUT2D eigenvalue weighted by Gasteiger charge is 2.15. The zero-order valence-electron chi connectivity index (χ0n) is 9.18. The van der Waals surface area contributed by atoms with Crippen molar-refractivity contribution in [3.05, 3.63) is 0 Å². The molecule has 0 N–H and O–H groups in total. The molecule has 0 bridgehead atoms. The summed E-state index contributed by atoms with van der Waals surface area (Å²) in [5.74, 6) is 1.33. The van der Waals surface area contributed by atoms with E-state index in [2.05, 4.69) is 15.8 Å². The Hall–Kier alpha value is 0.130. The second kappa shape index (κ2) is 9.36. The second-order valence-electron chi connectivity index (χ2n) is 3.40. The molecule has 1 heterocycles. The number of aliphatic imine (C=N–C) groups is 1. The number of ether oxygens (including phenoxy) is 2. The first-order chi connectivity index (χ1) is 7.43. The van der Waals surface area contributed by atoms with Crippen LogP contribution < -0.4 is 0 Å². The van der Waals surface area contributed by atoms with Gasteiger partial charge in [0.1, 0.15) is 6.73 Å². The fourth-order valence-corrected chi connectivity index (χ4v) is 4.36. The van der Waals surface area contributed by atoms with Crippen molar-refractivity contribution in [1.82, 2.24) is 0 Å². The highest BCUT2D eigenvalue weighted by Crippen LogP contribution is 2.39. The molecule has 1 aliphatic rings. The molecule has 3 nitrogen and oxygen atoms in total. The molecule has 1 saturated heterocycles. The van der Waals surface area contributed by atoms with E-state index in [-0.39, 0.29) is 0 Å². The van der Waals surface area contributed by atoms with Crippen LogP contribution in [0.1, 0.15) is 25.7 Å². The van der Waals surface area contributed by atoms with Crippen LogP contribution in [0, 0.1) is 0 Å². The van der Waals surface area contributed by atoms with Gasteiger partial charge in [0.25, 0.3) is 0 Å². The zero-order valence-corrected chi connectivity index (χ0v) is 10.8. The van der Waals surface area contributed by atoms with Gasteiger partial charge in [-0.15, -0.1) is 0 Å². The average Bonchev–Trinajstić information content (AvgIpc) is 2.75. The Morgan fingerprint density at radius 2 is 2.40 bits per heavy atom. The van der Waals surface area contributed by atoms with Gasteiger partial charge in [-0.3, -0.25) is 0 Å². The van der Waals surface area contributed by atoms with Gasteiger partial charge >= 0.3 is 0 Å².